The zero-order valence-corrected chi connectivity index (χ0v) is 19.8. The number of carboxylic acids is 1. The number of ether oxygens (including phenoxy) is 1. The summed E-state index contributed by atoms with van der Waals surface area (Å²) in [6.45, 7) is 0.418. The first kappa shape index (κ1) is 23.4. The van der Waals surface area contributed by atoms with E-state index in [-0.39, 0.29) is 31.0 Å². The molecule has 35 heavy (non-hydrogen) atoms. The topological polar surface area (TPSA) is 105 Å². The molecule has 7 nitrogen and oxygen atoms in total. The van der Waals surface area contributed by atoms with Crippen molar-refractivity contribution in [2.75, 3.05) is 13.2 Å². The van der Waals surface area contributed by atoms with Crippen LogP contribution in [0.3, 0.4) is 0 Å². The zero-order chi connectivity index (χ0) is 24.4. The molecular formula is C28H32N2O5. The van der Waals surface area contributed by atoms with Gasteiger partial charge in [0.25, 0.3) is 0 Å². The van der Waals surface area contributed by atoms with Gasteiger partial charge in [0.15, 0.2) is 0 Å². The van der Waals surface area contributed by atoms with Crippen LogP contribution in [0.25, 0.3) is 11.1 Å². The van der Waals surface area contributed by atoms with Gasteiger partial charge in [-0.15, -0.1) is 0 Å². The summed E-state index contributed by atoms with van der Waals surface area (Å²) in [7, 11) is 0. The Morgan fingerprint density at radius 3 is 2.17 bits per heavy atom. The second-order valence-corrected chi connectivity index (χ2v) is 10.1. The predicted molar refractivity (Wildman–Crippen MR) is 131 cm³/mol. The first-order valence-corrected chi connectivity index (χ1v) is 12.6. The van der Waals surface area contributed by atoms with E-state index in [4.69, 9.17) is 4.74 Å². The normalized spacial score (nSPS) is 22.3. The lowest BCUT2D eigenvalue weighted by atomic mass is 9.84. The lowest BCUT2D eigenvalue weighted by molar-refractivity contribution is -0.142. The number of hydrogen-bond donors (Lipinski definition) is 3. The highest BCUT2D eigenvalue weighted by Crippen LogP contribution is 2.44. The van der Waals surface area contributed by atoms with E-state index < -0.39 is 23.4 Å². The number of aliphatic carboxylic acids is 1. The van der Waals surface area contributed by atoms with Crippen molar-refractivity contribution in [3.05, 3.63) is 59.7 Å². The molecule has 2 fully saturated rings. The Balaban J connectivity index is 1.20. The molecule has 0 spiro atoms. The number of benzene rings is 2. The van der Waals surface area contributed by atoms with Crippen molar-refractivity contribution in [1.29, 1.82) is 0 Å². The molecule has 0 radical (unpaired) electrons. The lowest BCUT2D eigenvalue weighted by Gasteiger charge is -2.30. The maximum Gasteiger partial charge on any atom is 0.407 e. The van der Waals surface area contributed by atoms with E-state index in [1.165, 1.54) is 11.1 Å². The smallest absolute Gasteiger partial charge is 0.407 e. The fourth-order valence-corrected chi connectivity index (χ4v) is 6.18. The third-order valence-corrected chi connectivity index (χ3v) is 8.11. The molecular weight excluding hydrogens is 444 g/mol. The molecule has 5 rings (SSSR count). The van der Waals surface area contributed by atoms with Crippen molar-refractivity contribution in [3.8, 4) is 11.1 Å². The minimum Gasteiger partial charge on any atom is -0.481 e. The number of hydrogen-bond acceptors (Lipinski definition) is 4. The van der Waals surface area contributed by atoms with Crippen molar-refractivity contribution in [3.63, 3.8) is 0 Å². The summed E-state index contributed by atoms with van der Waals surface area (Å²) < 4.78 is 5.65. The number of alkyl carbamates (subject to hydrolysis) is 1. The SMILES string of the molecule is O=C(NCC1(C(=O)N[C@H]2CCC[C@H]2C(=O)O)CCCC1)OCC1c2ccccc2-c2ccccc21. The maximum atomic E-state index is 13.2. The van der Waals surface area contributed by atoms with Gasteiger partial charge in [0, 0.05) is 18.5 Å². The first-order chi connectivity index (χ1) is 17.0. The minimum absolute atomic E-state index is 0.0211. The Morgan fingerprint density at radius 1 is 0.914 bits per heavy atom. The standard InChI is InChI=1S/C28H32N2O5/c31-25(32)22-12-7-13-24(22)30-26(33)28(14-5-6-15-28)17-29-27(34)35-16-23-20-10-3-1-8-18(20)19-9-2-4-11-21(19)23/h1-4,8-11,22-24H,5-7,12-17H2,(H,29,34)(H,30,33)(H,31,32)/t22-,24+/m1/s1. The Hall–Kier alpha value is -3.35. The van der Waals surface area contributed by atoms with Gasteiger partial charge in [0.1, 0.15) is 6.61 Å². The van der Waals surface area contributed by atoms with Gasteiger partial charge in [-0.3, -0.25) is 9.59 Å². The number of carbonyl (C=O) groups is 3. The second kappa shape index (κ2) is 9.72. The fourth-order valence-electron chi connectivity index (χ4n) is 6.18. The van der Waals surface area contributed by atoms with Gasteiger partial charge in [-0.05, 0) is 47.9 Å². The van der Waals surface area contributed by atoms with Gasteiger partial charge in [0.05, 0.1) is 11.3 Å². The summed E-state index contributed by atoms with van der Waals surface area (Å²) in [5.41, 5.74) is 3.93. The van der Waals surface area contributed by atoms with Crippen LogP contribution in [-0.4, -0.2) is 42.3 Å². The van der Waals surface area contributed by atoms with Gasteiger partial charge in [-0.25, -0.2) is 4.79 Å². The Morgan fingerprint density at radius 2 is 1.54 bits per heavy atom. The summed E-state index contributed by atoms with van der Waals surface area (Å²) in [5, 5.41) is 15.3. The average molecular weight is 477 g/mol. The van der Waals surface area contributed by atoms with E-state index >= 15 is 0 Å². The van der Waals surface area contributed by atoms with Crippen molar-refractivity contribution < 1.29 is 24.2 Å². The van der Waals surface area contributed by atoms with Crippen LogP contribution in [0.5, 0.6) is 0 Å². The van der Waals surface area contributed by atoms with Gasteiger partial charge in [-0.1, -0.05) is 67.8 Å². The third kappa shape index (κ3) is 4.51. The molecule has 0 saturated heterocycles. The number of carbonyl (C=O) groups excluding carboxylic acids is 2. The Bertz CT molecular complexity index is 1080. The second-order valence-electron chi connectivity index (χ2n) is 10.1. The molecule has 2 aromatic rings. The summed E-state index contributed by atoms with van der Waals surface area (Å²) in [6.07, 6.45) is 4.70. The van der Waals surface area contributed by atoms with E-state index in [9.17, 15) is 19.5 Å². The van der Waals surface area contributed by atoms with Crippen LogP contribution in [-0.2, 0) is 14.3 Å². The largest absolute Gasteiger partial charge is 0.481 e. The van der Waals surface area contributed by atoms with E-state index in [0.717, 1.165) is 30.4 Å². The van der Waals surface area contributed by atoms with Crippen molar-refractivity contribution >= 4 is 18.0 Å². The predicted octanol–water partition coefficient (Wildman–Crippen LogP) is 4.46. The molecule has 3 aliphatic carbocycles. The average Bonchev–Trinajstić information content (AvgIpc) is 3.60. The molecule has 0 aliphatic heterocycles. The zero-order valence-electron chi connectivity index (χ0n) is 19.8. The maximum absolute atomic E-state index is 13.2. The minimum atomic E-state index is -0.856. The summed E-state index contributed by atoms with van der Waals surface area (Å²) in [6, 6.07) is 16.0. The van der Waals surface area contributed by atoms with Crippen LogP contribution in [0.15, 0.2) is 48.5 Å². The molecule has 3 aliphatic rings. The number of carboxylic acid groups (broad SMARTS) is 1. The van der Waals surface area contributed by atoms with Crippen LogP contribution in [0.1, 0.15) is 62.0 Å². The van der Waals surface area contributed by atoms with Crippen molar-refractivity contribution in [2.24, 2.45) is 11.3 Å². The van der Waals surface area contributed by atoms with E-state index in [2.05, 4.69) is 34.9 Å². The van der Waals surface area contributed by atoms with Crippen LogP contribution in [0.4, 0.5) is 4.79 Å². The summed E-state index contributed by atoms with van der Waals surface area (Å²) >= 11 is 0. The van der Waals surface area contributed by atoms with Gasteiger partial charge < -0.3 is 20.5 Å². The molecule has 0 aromatic heterocycles. The molecule has 2 saturated carbocycles. The molecule has 2 aromatic carbocycles. The van der Waals surface area contributed by atoms with E-state index in [0.29, 0.717) is 25.7 Å². The van der Waals surface area contributed by atoms with Crippen molar-refractivity contribution in [1.82, 2.24) is 10.6 Å². The Labute approximate surface area is 205 Å². The number of rotatable bonds is 7. The highest BCUT2D eigenvalue weighted by atomic mass is 16.5. The molecule has 3 N–H and O–H groups in total. The van der Waals surface area contributed by atoms with Crippen LogP contribution in [0, 0.1) is 11.3 Å². The van der Waals surface area contributed by atoms with Crippen LogP contribution in [0.2, 0.25) is 0 Å². The first-order valence-electron chi connectivity index (χ1n) is 12.6. The highest BCUT2D eigenvalue weighted by Gasteiger charge is 2.44. The monoisotopic (exact) mass is 476 g/mol. The fraction of sp³-hybridized carbons (Fsp3) is 0.464. The number of nitrogens with one attached hydrogen (secondary N) is 2. The van der Waals surface area contributed by atoms with Gasteiger partial charge in [-0.2, -0.15) is 0 Å². The van der Waals surface area contributed by atoms with Crippen LogP contribution < -0.4 is 10.6 Å². The van der Waals surface area contributed by atoms with E-state index in [1.54, 1.807) is 0 Å². The van der Waals surface area contributed by atoms with E-state index in [1.807, 2.05) is 24.3 Å². The number of amides is 2. The lowest BCUT2D eigenvalue weighted by Crippen LogP contribution is -2.51. The summed E-state index contributed by atoms with van der Waals surface area (Å²) in [4.78, 5) is 37.5. The van der Waals surface area contributed by atoms with Crippen molar-refractivity contribution in [2.45, 2.75) is 56.9 Å². The third-order valence-electron chi connectivity index (χ3n) is 8.11. The number of fused-ring (bicyclic) bond motifs is 3. The molecule has 0 heterocycles. The quantitative estimate of drug-likeness (QED) is 0.547. The molecule has 2 amide bonds. The van der Waals surface area contributed by atoms with Gasteiger partial charge >= 0.3 is 12.1 Å². The molecule has 2 atom stereocenters. The molecule has 184 valence electrons. The summed E-state index contributed by atoms with van der Waals surface area (Å²) in [5.74, 6) is -1.56. The Kier molecular flexibility index (Phi) is 6.50. The van der Waals surface area contributed by atoms with Gasteiger partial charge in [0.2, 0.25) is 5.91 Å². The molecule has 7 heteroatoms. The molecule has 0 unspecified atom stereocenters. The highest BCUT2D eigenvalue weighted by molar-refractivity contribution is 5.85. The van der Waals surface area contributed by atoms with Crippen LogP contribution >= 0.6 is 0 Å². The molecule has 0 bridgehead atoms.